The molecule has 0 aromatic heterocycles. The van der Waals surface area contributed by atoms with Crippen molar-refractivity contribution in [2.24, 2.45) is 0 Å². The predicted molar refractivity (Wildman–Crippen MR) is 182 cm³/mol. The van der Waals surface area contributed by atoms with Gasteiger partial charge in [0.1, 0.15) is 0 Å². The summed E-state index contributed by atoms with van der Waals surface area (Å²) in [5.74, 6) is 0. The van der Waals surface area contributed by atoms with E-state index in [0.717, 1.165) is 22.3 Å². The number of hydrogen-bond acceptors (Lipinski definition) is 0. The Morgan fingerprint density at radius 2 is 0.600 bits per heavy atom. The number of nitrogens with one attached hydrogen (secondary N) is 2. The van der Waals surface area contributed by atoms with Gasteiger partial charge in [0.15, 0.2) is 0 Å². The molecular formula is C36H50Ga2N2-2. The van der Waals surface area contributed by atoms with Gasteiger partial charge in [0, 0.05) is 0 Å². The summed E-state index contributed by atoms with van der Waals surface area (Å²) in [5.41, 5.74) is 32.7. The van der Waals surface area contributed by atoms with Crippen LogP contribution >= 0.6 is 0 Å². The average Bonchev–Trinajstić information content (AvgIpc) is 3.12. The Kier molecular flexibility index (Phi) is 13.1. The Labute approximate surface area is 266 Å². The molecular weight excluding hydrogens is 600 g/mol. The molecule has 2 aliphatic carbocycles. The third-order valence-corrected chi connectivity index (χ3v) is 13.1. The maximum atomic E-state index is 7.44. The predicted octanol–water partition coefficient (Wildman–Crippen LogP) is 12.0. The van der Waals surface area contributed by atoms with Crippen LogP contribution in [-0.4, -0.2) is 37.2 Å². The minimum Gasteiger partial charge on any atom is -0.698 e. The topological polar surface area (TPSA) is 47.6 Å². The van der Waals surface area contributed by atoms with Gasteiger partial charge in [-0.3, -0.25) is 0 Å². The molecule has 2 N–H and O–H groups in total. The summed E-state index contributed by atoms with van der Waals surface area (Å²) in [6, 6.07) is 11.8. The van der Waals surface area contributed by atoms with Gasteiger partial charge in [-0.05, 0) is 27.7 Å². The molecule has 0 fully saturated rings. The van der Waals surface area contributed by atoms with E-state index in [1.807, 2.05) is 101 Å². The van der Waals surface area contributed by atoms with Crippen LogP contribution in [0.3, 0.4) is 0 Å². The summed E-state index contributed by atoms with van der Waals surface area (Å²) in [7, 11) is 0. The minimum atomic E-state index is 0.376. The van der Waals surface area contributed by atoms with Gasteiger partial charge in [0.05, 0.1) is 0 Å². The summed E-state index contributed by atoms with van der Waals surface area (Å²) in [4.78, 5) is 0. The fourth-order valence-electron chi connectivity index (χ4n) is 4.87. The Hall–Kier alpha value is -1.73. The van der Waals surface area contributed by atoms with E-state index in [0.29, 0.717) is 19.3 Å². The molecule has 0 bridgehead atoms. The molecule has 0 saturated heterocycles. The van der Waals surface area contributed by atoms with Gasteiger partial charge in [-0.1, -0.05) is 58.7 Å². The van der Waals surface area contributed by atoms with Gasteiger partial charge in [0.25, 0.3) is 0 Å². The van der Waals surface area contributed by atoms with Gasteiger partial charge < -0.3 is 11.5 Å². The Morgan fingerprint density at radius 3 is 0.700 bits per heavy atom. The summed E-state index contributed by atoms with van der Waals surface area (Å²) < 4.78 is 0.752. The van der Waals surface area contributed by atoms with Crippen LogP contribution in [0, 0.1) is 27.7 Å². The molecule has 212 valence electrons. The summed E-state index contributed by atoms with van der Waals surface area (Å²) >= 11 is 3.65. The number of allylic oxidation sites excluding steroid dienone is 8. The van der Waals surface area contributed by atoms with E-state index in [9.17, 15) is 0 Å². The fraction of sp³-hybridized carbons (Fsp3) is 0.444. The van der Waals surface area contributed by atoms with Crippen molar-refractivity contribution in [1.29, 1.82) is 0 Å². The average molecular weight is 650 g/mol. The number of rotatable bonds is 0. The van der Waals surface area contributed by atoms with Crippen molar-refractivity contribution >= 4 is 48.6 Å². The normalized spacial score (nSPS) is 17.1. The van der Waals surface area contributed by atoms with E-state index in [1.54, 1.807) is 22.3 Å². The van der Waals surface area contributed by atoms with E-state index in [4.69, 9.17) is 11.5 Å². The van der Waals surface area contributed by atoms with Crippen LogP contribution in [-0.2, 0) is 0 Å². The van der Waals surface area contributed by atoms with Crippen LogP contribution in [0.25, 0.3) is 11.5 Å². The molecule has 2 aromatic carbocycles. The molecule has 40 heavy (non-hydrogen) atoms. The molecule has 2 aromatic rings. The van der Waals surface area contributed by atoms with E-state index < -0.39 is 0 Å². The third kappa shape index (κ3) is 8.18. The van der Waals surface area contributed by atoms with Crippen molar-refractivity contribution in [2.75, 3.05) is 0 Å². The van der Waals surface area contributed by atoms with Crippen molar-refractivity contribution in [3.05, 3.63) is 115 Å². The first-order valence-corrected chi connectivity index (χ1v) is 16.5. The number of benzene rings is 2. The molecule has 0 unspecified atom stereocenters. The number of aryl methyl sites for hydroxylation is 4. The van der Waals surface area contributed by atoms with Crippen molar-refractivity contribution in [2.45, 2.75) is 105 Å². The third-order valence-electron chi connectivity index (χ3n) is 9.45. The van der Waals surface area contributed by atoms with E-state index in [-0.39, 0.29) is 0 Å². The quantitative estimate of drug-likeness (QED) is 0.255. The Bertz CT molecular complexity index is 1170. The summed E-state index contributed by atoms with van der Waals surface area (Å²) in [5, 5.41) is 0. The molecule has 0 amide bonds. The first kappa shape index (κ1) is 36.3. The number of hydrogen-bond donors (Lipinski definition) is 0. The van der Waals surface area contributed by atoms with E-state index >= 15 is 0 Å². The van der Waals surface area contributed by atoms with Gasteiger partial charge in [-0.15, -0.1) is 11.4 Å². The smallest absolute Gasteiger partial charge is 0.0410 e. The van der Waals surface area contributed by atoms with Crippen LogP contribution in [0.4, 0.5) is 11.4 Å². The van der Waals surface area contributed by atoms with Gasteiger partial charge in [-0.2, -0.15) is 0 Å². The fourth-order valence-corrected chi connectivity index (χ4v) is 6.69. The monoisotopic (exact) mass is 648 g/mol. The largest absolute Gasteiger partial charge is 0.698 e. The maximum absolute atomic E-state index is 7.44. The zero-order chi connectivity index (χ0) is 31.3. The van der Waals surface area contributed by atoms with Crippen LogP contribution in [0.15, 0.2) is 81.0 Å². The van der Waals surface area contributed by atoms with Crippen LogP contribution in [0.1, 0.15) is 91.5 Å². The maximum Gasteiger partial charge on any atom is -0.0410 e. The molecule has 2 aliphatic rings. The first-order chi connectivity index (χ1) is 18.2. The van der Waals surface area contributed by atoms with Crippen LogP contribution in [0.5, 0.6) is 0 Å². The van der Waals surface area contributed by atoms with Gasteiger partial charge >= 0.3 is 159 Å². The summed E-state index contributed by atoms with van der Waals surface area (Å²) in [6.45, 7) is 30.5. The second-order valence-electron chi connectivity index (χ2n) is 11.9. The minimum absolute atomic E-state index is 0.376. The van der Waals surface area contributed by atoms with E-state index in [2.05, 4.69) is 69.2 Å². The van der Waals surface area contributed by atoms with Crippen molar-refractivity contribution < 1.29 is 0 Å². The molecule has 0 spiro atoms. The zero-order valence-corrected chi connectivity index (χ0v) is 32.5. The molecule has 0 atom stereocenters. The second kappa shape index (κ2) is 14.4. The molecule has 0 aliphatic heterocycles. The van der Waals surface area contributed by atoms with Gasteiger partial charge in [-0.25, -0.2) is 0 Å². The van der Waals surface area contributed by atoms with Gasteiger partial charge in [0.2, 0.25) is 0 Å². The van der Waals surface area contributed by atoms with Crippen LogP contribution < -0.4 is 0 Å². The standard InChI is InChI=1S/2C10H15.2C8H10N.2Ga/c2*1-6-7(2)9(4)10(5)8(6)3;2*1-6-4-3-5-7(2)8(6)9;;/h2*1-5H3;2*3-5,9H,1-2H3;;/q;;2*-1;;. The molecule has 0 heterocycles. The molecule has 4 rings (SSSR count). The molecule has 4 heteroatoms. The van der Waals surface area contributed by atoms with Crippen molar-refractivity contribution in [1.82, 2.24) is 0 Å². The van der Waals surface area contributed by atoms with Crippen LogP contribution in [0.2, 0.25) is 7.94 Å². The zero-order valence-electron chi connectivity index (χ0n) is 27.6. The Balaban J connectivity index is 0.000000268. The van der Waals surface area contributed by atoms with Crippen molar-refractivity contribution in [3.63, 3.8) is 0 Å². The Morgan fingerprint density at radius 1 is 0.425 bits per heavy atom. The van der Waals surface area contributed by atoms with E-state index in [1.165, 1.54) is 22.3 Å². The van der Waals surface area contributed by atoms with Crippen molar-refractivity contribution in [3.8, 4) is 0 Å². The molecule has 0 saturated carbocycles. The first-order valence-electron chi connectivity index (χ1n) is 14.1. The summed E-state index contributed by atoms with van der Waals surface area (Å²) in [6.07, 6.45) is 0. The molecule has 2 nitrogen and oxygen atoms in total. The molecule has 4 radical (unpaired) electrons. The SMILES string of the molecule is CC1=C(C)[C](C)([Ga])C(C)=C1C.CC1=C(C)[C](C)([Ga])C(C)=C1C.Cc1cccc(C)c1[NH-].Cc1cccc(C)c1[NH-]. The second-order valence-corrected chi connectivity index (χ2v) is 16.8.